The van der Waals surface area contributed by atoms with Crippen LogP contribution in [0.3, 0.4) is 0 Å². The second kappa shape index (κ2) is 8.25. The van der Waals surface area contributed by atoms with Gasteiger partial charge < -0.3 is 14.6 Å². The van der Waals surface area contributed by atoms with E-state index in [1.807, 2.05) is 42.0 Å². The van der Waals surface area contributed by atoms with Gasteiger partial charge in [0.2, 0.25) is 0 Å². The number of halogens is 2. The normalized spacial score (nSPS) is 11.8. The summed E-state index contributed by atoms with van der Waals surface area (Å²) in [5.74, 6) is 0.138. The summed E-state index contributed by atoms with van der Waals surface area (Å²) >= 11 is 11.9. The maximum absolute atomic E-state index is 12.1. The average Bonchev–Trinajstić information content (AvgIpc) is 3.17. The number of imidazole rings is 1. The van der Waals surface area contributed by atoms with Gasteiger partial charge in [-0.1, -0.05) is 35.3 Å². The van der Waals surface area contributed by atoms with Crippen LogP contribution in [0.15, 0.2) is 61.2 Å². The SMILES string of the molecule is CC(NC(=O)COc1cc(Cl)ccc1Cl)c1ccc(-n2ccnc2)cc1. The van der Waals surface area contributed by atoms with Crippen LogP contribution in [0.4, 0.5) is 0 Å². The Hall–Kier alpha value is -2.50. The molecule has 0 saturated carbocycles. The lowest BCUT2D eigenvalue weighted by atomic mass is 10.1. The second-order valence-electron chi connectivity index (χ2n) is 5.71. The van der Waals surface area contributed by atoms with Gasteiger partial charge in [-0.2, -0.15) is 0 Å². The van der Waals surface area contributed by atoms with Gasteiger partial charge >= 0.3 is 0 Å². The van der Waals surface area contributed by atoms with Gasteiger partial charge in [-0.05, 0) is 36.8 Å². The molecule has 1 atom stereocenters. The first-order chi connectivity index (χ1) is 12.5. The van der Waals surface area contributed by atoms with Crippen LogP contribution >= 0.6 is 23.2 Å². The molecule has 0 aliphatic carbocycles. The summed E-state index contributed by atoms with van der Waals surface area (Å²) in [4.78, 5) is 16.2. The Morgan fingerprint density at radius 3 is 2.69 bits per heavy atom. The van der Waals surface area contributed by atoms with Gasteiger partial charge in [0.25, 0.3) is 5.91 Å². The molecule has 1 N–H and O–H groups in total. The maximum Gasteiger partial charge on any atom is 0.258 e. The fraction of sp³-hybridized carbons (Fsp3) is 0.158. The molecule has 2 aromatic carbocycles. The molecule has 3 aromatic rings. The number of hydrogen-bond donors (Lipinski definition) is 1. The fourth-order valence-electron chi connectivity index (χ4n) is 2.44. The lowest BCUT2D eigenvalue weighted by molar-refractivity contribution is -0.123. The molecule has 0 saturated heterocycles. The van der Waals surface area contributed by atoms with E-state index in [4.69, 9.17) is 27.9 Å². The molecule has 1 aromatic heterocycles. The Balaban J connectivity index is 1.56. The number of aromatic nitrogens is 2. The molecule has 0 radical (unpaired) electrons. The zero-order chi connectivity index (χ0) is 18.5. The highest BCUT2D eigenvalue weighted by atomic mass is 35.5. The Bertz CT molecular complexity index is 880. The molecule has 1 heterocycles. The van der Waals surface area contributed by atoms with Crippen LogP contribution in [0.2, 0.25) is 10.0 Å². The van der Waals surface area contributed by atoms with Crippen LogP contribution < -0.4 is 10.1 Å². The quantitative estimate of drug-likeness (QED) is 0.677. The summed E-state index contributed by atoms with van der Waals surface area (Å²) < 4.78 is 7.36. The summed E-state index contributed by atoms with van der Waals surface area (Å²) in [6.07, 6.45) is 5.33. The van der Waals surface area contributed by atoms with E-state index in [0.717, 1.165) is 11.3 Å². The van der Waals surface area contributed by atoms with Gasteiger partial charge in [0.15, 0.2) is 6.61 Å². The highest BCUT2D eigenvalue weighted by Gasteiger charge is 2.11. The van der Waals surface area contributed by atoms with Gasteiger partial charge in [-0.3, -0.25) is 4.79 Å². The van der Waals surface area contributed by atoms with E-state index in [1.54, 1.807) is 30.7 Å². The molecular formula is C19H17Cl2N3O2. The summed E-state index contributed by atoms with van der Waals surface area (Å²) in [7, 11) is 0. The van der Waals surface area contributed by atoms with Gasteiger partial charge in [0.05, 0.1) is 17.4 Å². The monoisotopic (exact) mass is 389 g/mol. The summed E-state index contributed by atoms with van der Waals surface area (Å²) in [5.41, 5.74) is 1.99. The van der Waals surface area contributed by atoms with Crippen molar-refractivity contribution in [1.29, 1.82) is 0 Å². The van der Waals surface area contributed by atoms with Crippen molar-refractivity contribution in [1.82, 2.24) is 14.9 Å². The first-order valence-electron chi connectivity index (χ1n) is 7.98. The molecule has 0 aliphatic heterocycles. The van der Waals surface area contributed by atoms with Crippen molar-refractivity contribution in [2.75, 3.05) is 6.61 Å². The van der Waals surface area contributed by atoms with E-state index < -0.39 is 0 Å². The molecular weight excluding hydrogens is 373 g/mol. The largest absolute Gasteiger partial charge is 0.482 e. The Kier molecular flexibility index (Phi) is 5.81. The Morgan fingerprint density at radius 2 is 2.00 bits per heavy atom. The minimum Gasteiger partial charge on any atom is -0.482 e. The van der Waals surface area contributed by atoms with Crippen LogP contribution in [-0.2, 0) is 4.79 Å². The molecule has 134 valence electrons. The number of carbonyl (C=O) groups excluding carboxylic acids is 1. The number of benzene rings is 2. The van der Waals surface area contributed by atoms with Crippen LogP contribution in [0, 0.1) is 0 Å². The zero-order valence-corrected chi connectivity index (χ0v) is 15.5. The zero-order valence-electron chi connectivity index (χ0n) is 14.0. The number of nitrogens with one attached hydrogen (secondary N) is 1. The fourth-order valence-corrected chi connectivity index (χ4v) is 2.78. The average molecular weight is 390 g/mol. The minimum atomic E-state index is -0.243. The van der Waals surface area contributed by atoms with Gasteiger partial charge in [0.1, 0.15) is 5.75 Å². The van der Waals surface area contributed by atoms with E-state index in [1.165, 1.54) is 0 Å². The predicted octanol–water partition coefficient (Wildman–Crippen LogP) is 4.44. The van der Waals surface area contributed by atoms with Crippen LogP contribution in [0.1, 0.15) is 18.5 Å². The third kappa shape index (κ3) is 4.56. The van der Waals surface area contributed by atoms with Crippen LogP contribution in [-0.4, -0.2) is 22.1 Å². The predicted molar refractivity (Wildman–Crippen MR) is 102 cm³/mol. The minimum absolute atomic E-state index is 0.141. The van der Waals surface area contributed by atoms with Crippen molar-refractivity contribution in [2.24, 2.45) is 0 Å². The lowest BCUT2D eigenvalue weighted by Gasteiger charge is -2.15. The van der Waals surface area contributed by atoms with E-state index in [2.05, 4.69) is 10.3 Å². The Labute approximate surface area is 161 Å². The molecule has 7 heteroatoms. The molecule has 26 heavy (non-hydrogen) atoms. The third-order valence-corrected chi connectivity index (χ3v) is 4.37. The van der Waals surface area contributed by atoms with Crippen molar-refractivity contribution in [3.05, 3.63) is 76.8 Å². The molecule has 0 fully saturated rings. The third-order valence-electron chi connectivity index (χ3n) is 3.83. The van der Waals surface area contributed by atoms with E-state index in [9.17, 15) is 4.79 Å². The van der Waals surface area contributed by atoms with E-state index >= 15 is 0 Å². The van der Waals surface area contributed by atoms with Crippen molar-refractivity contribution in [2.45, 2.75) is 13.0 Å². The first kappa shape index (κ1) is 18.3. The van der Waals surface area contributed by atoms with Gasteiger partial charge in [0, 0.05) is 29.2 Å². The molecule has 0 spiro atoms. The molecule has 5 nitrogen and oxygen atoms in total. The first-order valence-corrected chi connectivity index (χ1v) is 8.74. The van der Waals surface area contributed by atoms with Crippen molar-refractivity contribution >= 4 is 29.1 Å². The topological polar surface area (TPSA) is 56.1 Å². The summed E-state index contributed by atoms with van der Waals surface area (Å²) in [5, 5.41) is 3.80. The van der Waals surface area contributed by atoms with E-state index in [0.29, 0.717) is 15.8 Å². The van der Waals surface area contributed by atoms with E-state index in [-0.39, 0.29) is 18.6 Å². The molecule has 1 amide bonds. The summed E-state index contributed by atoms with van der Waals surface area (Å²) in [6, 6.07) is 12.6. The van der Waals surface area contributed by atoms with Crippen LogP contribution in [0.25, 0.3) is 5.69 Å². The highest BCUT2D eigenvalue weighted by molar-refractivity contribution is 6.34. The lowest BCUT2D eigenvalue weighted by Crippen LogP contribution is -2.31. The van der Waals surface area contributed by atoms with Crippen molar-refractivity contribution in [3.63, 3.8) is 0 Å². The molecule has 0 bridgehead atoms. The standard InChI is InChI=1S/C19H17Cl2N3O2/c1-13(14-2-5-16(6-3-14)24-9-8-22-12-24)23-19(25)11-26-18-10-15(20)4-7-17(18)21/h2-10,12-13H,11H2,1H3,(H,23,25). The molecule has 0 aliphatic rings. The molecule has 3 rings (SSSR count). The second-order valence-corrected chi connectivity index (χ2v) is 6.56. The van der Waals surface area contributed by atoms with Gasteiger partial charge in [-0.15, -0.1) is 0 Å². The smallest absolute Gasteiger partial charge is 0.258 e. The van der Waals surface area contributed by atoms with Crippen LogP contribution in [0.5, 0.6) is 5.75 Å². The highest BCUT2D eigenvalue weighted by Crippen LogP contribution is 2.27. The molecule has 1 unspecified atom stereocenters. The number of hydrogen-bond acceptors (Lipinski definition) is 3. The number of ether oxygens (including phenoxy) is 1. The van der Waals surface area contributed by atoms with Crippen molar-refractivity contribution < 1.29 is 9.53 Å². The number of rotatable bonds is 6. The summed E-state index contributed by atoms with van der Waals surface area (Å²) in [6.45, 7) is 1.77. The number of amides is 1. The van der Waals surface area contributed by atoms with Gasteiger partial charge in [-0.25, -0.2) is 4.98 Å². The Morgan fingerprint density at radius 1 is 1.23 bits per heavy atom. The van der Waals surface area contributed by atoms with Crippen molar-refractivity contribution in [3.8, 4) is 11.4 Å². The number of nitrogens with zero attached hydrogens (tertiary/aromatic N) is 2. The number of carbonyl (C=O) groups is 1. The maximum atomic E-state index is 12.1.